The van der Waals surface area contributed by atoms with Crippen LogP contribution in [-0.2, 0) is 6.61 Å². The maximum atomic E-state index is 10.7. The number of rotatable bonds is 4. The predicted molar refractivity (Wildman–Crippen MR) is 76.0 cm³/mol. The highest BCUT2D eigenvalue weighted by Gasteiger charge is 2.09. The zero-order chi connectivity index (χ0) is 13.8. The summed E-state index contributed by atoms with van der Waals surface area (Å²) in [5, 5.41) is 10.7. The minimum atomic E-state index is -0.456. The fraction of sp³-hybridized carbons (Fsp3) is 0.0769. The van der Waals surface area contributed by atoms with Crippen molar-refractivity contribution in [1.82, 2.24) is 0 Å². The largest absolute Gasteiger partial charge is 0.489 e. The predicted octanol–water partition coefficient (Wildman–Crippen LogP) is 3.52. The minimum Gasteiger partial charge on any atom is -0.489 e. The van der Waals surface area contributed by atoms with E-state index in [1.54, 1.807) is 12.1 Å². The lowest BCUT2D eigenvalue weighted by Crippen LogP contribution is -2.01. The lowest BCUT2D eigenvalue weighted by molar-refractivity contribution is -0.384. The lowest BCUT2D eigenvalue weighted by atomic mass is 10.1. The second kappa shape index (κ2) is 5.71. The number of hydrogen-bond acceptors (Lipinski definition) is 4. The Morgan fingerprint density at radius 2 is 1.89 bits per heavy atom. The van der Waals surface area contributed by atoms with E-state index in [1.807, 2.05) is 12.1 Å². The summed E-state index contributed by atoms with van der Waals surface area (Å²) in [6.07, 6.45) is 0. The number of hydrogen-bond donors (Lipinski definition) is 1. The average Bonchev–Trinajstić information content (AvgIpc) is 2.39. The summed E-state index contributed by atoms with van der Waals surface area (Å²) in [5.41, 5.74) is 6.84. The molecule has 0 radical (unpaired) electrons. The monoisotopic (exact) mass is 322 g/mol. The lowest BCUT2D eigenvalue weighted by Gasteiger charge is -2.08. The van der Waals surface area contributed by atoms with Gasteiger partial charge < -0.3 is 10.5 Å². The number of nitrogens with zero attached hydrogens (tertiary/aromatic N) is 1. The Balaban J connectivity index is 2.12. The number of halogens is 1. The van der Waals surface area contributed by atoms with E-state index in [9.17, 15) is 10.1 Å². The molecular weight excluding hydrogens is 312 g/mol. The van der Waals surface area contributed by atoms with E-state index in [4.69, 9.17) is 10.5 Å². The molecule has 0 heterocycles. The van der Waals surface area contributed by atoms with Gasteiger partial charge in [-0.1, -0.05) is 15.9 Å². The van der Waals surface area contributed by atoms with Gasteiger partial charge in [-0.15, -0.1) is 0 Å². The Kier molecular flexibility index (Phi) is 4.01. The first-order valence-electron chi connectivity index (χ1n) is 5.47. The van der Waals surface area contributed by atoms with Crippen LogP contribution in [0.4, 0.5) is 11.4 Å². The van der Waals surface area contributed by atoms with Crippen LogP contribution >= 0.6 is 15.9 Å². The summed E-state index contributed by atoms with van der Waals surface area (Å²) in [4.78, 5) is 10.2. The van der Waals surface area contributed by atoms with Crippen LogP contribution in [0, 0.1) is 10.1 Å². The molecule has 0 aliphatic carbocycles. The normalized spacial score (nSPS) is 10.2. The smallest absolute Gasteiger partial charge is 0.269 e. The van der Waals surface area contributed by atoms with E-state index in [1.165, 1.54) is 18.2 Å². The van der Waals surface area contributed by atoms with Crippen LogP contribution in [0.1, 0.15) is 5.56 Å². The van der Waals surface area contributed by atoms with Crippen LogP contribution in [0.15, 0.2) is 46.9 Å². The zero-order valence-electron chi connectivity index (χ0n) is 9.88. The number of ether oxygens (including phenoxy) is 1. The van der Waals surface area contributed by atoms with Crippen molar-refractivity contribution in [3.8, 4) is 5.75 Å². The van der Waals surface area contributed by atoms with Crippen LogP contribution in [0.2, 0.25) is 0 Å². The average molecular weight is 323 g/mol. The van der Waals surface area contributed by atoms with E-state index in [0.717, 1.165) is 4.47 Å². The molecule has 2 aromatic carbocycles. The first kappa shape index (κ1) is 13.4. The van der Waals surface area contributed by atoms with E-state index in [0.29, 0.717) is 17.0 Å². The molecular formula is C13H11BrN2O3. The van der Waals surface area contributed by atoms with Crippen LogP contribution < -0.4 is 10.5 Å². The first-order chi connectivity index (χ1) is 9.06. The molecule has 0 amide bonds. The van der Waals surface area contributed by atoms with Gasteiger partial charge in [-0.2, -0.15) is 0 Å². The van der Waals surface area contributed by atoms with Crippen molar-refractivity contribution in [3.63, 3.8) is 0 Å². The Bertz CT molecular complexity index is 599. The standard InChI is InChI=1S/C13H11BrN2O3/c14-10-1-4-12(5-2-10)19-8-9-7-11(16(17)18)3-6-13(9)15/h1-7H,8,15H2. The molecule has 0 fully saturated rings. The topological polar surface area (TPSA) is 78.4 Å². The molecule has 0 spiro atoms. The van der Waals surface area contributed by atoms with Crippen molar-refractivity contribution in [1.29, 1.82) is 0 Å². The van der Waals surface area contributed by atoms with Gasteiger partial charge in [0.15, 0.2) is 0 Å². The number of nitrogen functional groups attached to an aromatic ring is 1. The van der Waals surface area contributed by atoms with Gasteiger partial charge in [0.1, 0.15) is 12.4 Å². The Labute approximate surface area is 118 Å². The van der Waals surface area contributed by atoms with Gasteiger partial charge in [-0.05, 0) is 30.3 Å². The van der Waals surface area contributed by atoms with E-state index >= 15 is 0 Å². The second-order valence-corrected chi connectivity index (χ2v) is 4.80. The summed E-state index contributed by atoms with van der Waals surface area (Å²) in [6, 6.07) is 11.6. The molecule has 0 unspecified atom stereocenters. The quantitative estimate of drug-likeness (QED) is 0.530. The maximum Gasteiger partial charge on any atom is 0.269 e. The van der Waals surface area contributed by atoms with Gasteiger partial charge in [-0.3, -0.25) is 10.1 Å². The summed E-state index contributed by atoms with van der Waals surface area (Å²) >= 11 is 3.33. The van der Waals surface area contributed by atoms with Crippen molar-refractivity contribution in [2.45, 2.75) is 6.61 Å². The highest BCUT2D eigenvalue weighted by Crippen LogP contribution is 2.22. The third-order valence-electron chi connectivity index (χ3n) is 2.55. The van der Waals surface area contributed by atoms with Crippen LogP contribution in [-0.4, -0.2) is 4.92 Å². The Hall–Kier alpha value is -2.08. The summed E-state index contributed by atoms with van der Waals surface area (Å²) in [5.74, 6) is 0.675. The Morgan fingerprint density at radius 1 is 1.21 bits per heavy atom. The first-order valence-corrected chi connectivity index (χ1v) is 6.27. The third kappa shape index (κ3) is 3.45. The molecule has 2 N–H and O–H groups in total. The van der Waals surface area contributed by atoms with E-state index in [2.05, 4.69) is 15.9 Å². The van der Waals surface area contributed by atoms with E-state index < -0.39 is 4.92 Å². The minimum absolute atomic E-state index is 0.00334. The third-order valence-corrected chi connectivity index (χ3v) is 3.07. The van der Waals surface area contributed by atoms with Crippen molar-refractivity contribution < 1.29 is 9.66 Å². The highest BCUT2D eigenvalue weighted by molar-refractivity contribution is 9.10. The van der Waals surface area contributed by atoms with Gasteiger partial charge in [0.2, 0.25) is 0 Å². The fourth-order valence-electron chi connectivity index (χ4n) is 1.52. The molecule has 5 nitrogen and oxygen atoms in total. The van der Waals surface area contributed by atoms with Gasteiger partial charge in [0.05, 0.1) is 4.92 Å². The maximum absolute atomic E-state index is 10.7. The van der Waals surface area contributed by atoms with E-state index in [-0.39, 0.29) is 12.3 Å². The van der Waals surface area contributed by atoms with Crippen molar-refractivity contribution >= 4 is 27.3 Å². The molecule has 0 aromatic heterocycles. The number of nitro benzene ring substituents is 1. The molecule has 98 valence electrons. The second-order valence-electron chi connectivity index (χ2n) is 3.88. The molecule has 0 saturated heterocycles. The number of non-ortho nitro benzene ring substituents is 1. The molecule has 0 aliphatic rings. The van der Waals surface area contributed by atoms with Crippen molar-refractivity contribution in [3.05, 3.63) is 62.6 Å². The zero-order valence-corrected chi connectivity index (χ0v) is 11.5. The molecule has 2 rings (SSSR count). The van der Waals surface area contributed by atoms with Crippen LogP contribution in [0.3, 0.4) is 0 Å². The van der Waals surface area contributed by atoms with Gasteiger partial charge >= 0.3 is 0 Å². The SMILES string of the molecule is Nc1ccc([N+](=O)[O-])cc1COc1ccc(Br)cc1. The number of nitrogens with two attached hydrogens (primary N) is 1. The highest BCUT2D eigenvalue weighted by atomic mass is 79.9. The fourth-order valence-corrected chi connectivity index (χ4v) is 1.79. The number of nitro groups is 1. The molecule has 0 atom stereocenters. The summed E-state index contributed by atoms with van der Waals surface area (Å²) < 4.78 is 6.49. The molecule has 0 aliphatic heterocycles. The molecule has 19 heavy (non-hydrogen) atoms. The van der Waals surface area contributed by atoms with Crippen LogP contribution in [0.5, 0.6) is 5.75 Å². The summed E-state index contributed by atoms with van der Waals surface area (Å²) in [6.45, 7) is 0.190. The number of benzene rings is 2. The number of anilines is 1. The van der Waals surface area contributed by atoms with Crippen molar-refractivity contribution in [2.24, 2.45) is 0 Å². The molecule has 6 heteroatoms. The molecule has 0 bridgehead atoms. The van der Waals surface area contributed by atoms with Gasteiger partial charge in [0, 0.05) is 27.9 Å². The van der Waals surface area contributed by atoms with Gasteiger partial charge in [-0.25, -0.2) is 0 Å². The van der Waals surface area contributed by atoms with Crippen molar-refractivity contribution in [2.75, 3.05) is 5.73 Å². The molecule has 2 aromatic rings. The van der Waals surface area contributed by atoms with Crippen LogP contribution in [0.25, 0.3) is 0 Å². The van der Waals surface area contributed by atoms with Gasteiger partial charge in [0.25, 0.3) is 5.69 Å². The molecule has 0 saturated carbocycles. The summed E-state index contributed by atoms with van der Waals surface area (Å²) in [7, 11) is 0. The Morgan fingerprint density at radius 3 is 2.53 bits per heavy atom.